The maximum absolute atomic E-state index is 5.76. The minimum absolute atomic E-state index is 0.584. The molecule has 0 nitrogen and oxygen atoms in total. The van der Waals surface area contributed by atoms with E-state index in [9.17, 15) is 0 Å². The summed E-state index contributed by atoms with van der Waals surface area (Å²) in [5.41, 5.74) is 4.87. The van der Waals surface area contributed by atoms with Gasteiger partial charge in [0.1, 0.15) is 0 Å². The molecular weight excluding hydrogens is 228 g/mol. The van der Waals surface area contributed by atoms with Crippen LogP contribution in [0.15, 0.2) is 60.2 Å². The van der Waals surface area contributed by atoms with Crippen molar-refractivity contribution in [2.75, 3.05) is 5.88 Å². The lowest BCUT2D eigenvalue weighted by Crippen LogP contribution is -1.80. The van der Waals surface area contributed by atoms with Gasteiger partial charge in [-0.05, 0) is 23.6 Å². The van der Waals surface area contributed by atoms with Crippen LogP contribution in [-0.4, -0.2) is 5.88 Å². The maximum atomic E-state index is 5.76. The van der Waals surface area contributed by atoms with Gasteiger partial charge >= 0.3 is 0 Å². The van der Waals surface area contributed by atoms with Gasteiger partial charge in [-0.1, -0.05) is 66.2 Å². The number of hydrogen-bond acceptors (Lipinski definition) is 0. The lowest BCUT2D eigenvalue weighted by Gasteiger charge is -2.02. The molecule has 2 aromatic carbocycles. The van der Waals surface area contributed by atoms with Crippen LogP contribution in [-0.2, 0) is 0 Å². The summed E-state index contributed by atoms with van der Waals surface area (Å²) in [5, 5.41) is 0. The average molecular weight is 243 g/mol. The van der Waals surface area contributed by atoms with E-state index in [-0.39, 0.29) is 0 Å². The Morgan fingerprint density at radius 1 is 0.941 bits per heavy atom. The van der Waals surface area contributed by atoms with Crippen molar-refractivity contribution in [3.63, 3.8) is 0 Å². The number of halogens is 1. The largest absolute Gasteiger partial charge is 0.122 e. The Labute approximate surface area is 108 Å². The van der Waals surface area contributed by atoms with Crippen molar-refractivity contribution in [2.45, 2.75) is 6.92 Å². The van der Waals surface area contributed by atoms with Crippen molar-refractivity contribution in [3.05, 3.63) is 65.7 Å². The van der Waals surface area contributed by atoms with Gasteiger partial charge in [0.15, 0.2) is 0 Å². The van der Waals surface area contributed by atoms with Crippen molar-refractivity contribution in [3.8, 4) is 11.1 Å². The molecule has 86 valence electrons. The standard InChI is InChI=1S/C16H15Cl/c1-13(12-17)11-14-7-9-16(10-8-14)15-5-3-2-4-6-15/h2-11H,12H2,1H3. The first-order valence-corrected chi connectivity index (χ1v) is 6.21. The lowest BCUT2D eigenvalue weighted by molar-refractivity contribution is 1.43. The first-order chi connectivity index (χ1) is 8.29. The second-order valence-corrected chi connectivity index (χ2v) is 4.38. The van der Waals surface area contributed by atoms with E-state index in [1.54, 1.807) is 0 Å². The summed E-state index contributed by atoms with van der Waals surface area (Å²) < 4.78 is 0. The summed E-state index contributed by atoms with van der Waals surface area (Å²) >= 11 is 5.76. The quantitative estimate of drug-likeness (QED) is 0.665. The van der Waals surface area contributed by atoms with Gasteiger partial charge in [0.2, 0.25) is 0 Å². The van der Waals surface area contributed by atoms with Crippen LogP contribution in [0.3, 0.4) is 0 Å². The Kier molecular flexibility index (Phi) is 4.00. The molecule has 0 aromatic heterocycles. The minimum atomic E-state index is 0.584. The average Bonchev–Trinajstić information content (AvgIpc) is 2.40. The van der Waals surface area contributed by atoms with E-state index >= 15 is 0 Å². The minimum Gasteiger partial charge on any atom is -0.122 e. The van der Waals surface area contributed by atoms with Gasteiger partial charge in [0, 0.05) is 5.88 Å². The molecule has 0 aliphatic carbocycles. The van der Waals surface area contributed by atoms with Crippen LogP contribution < -0.4 is 0 Å². The molecule has 0 aliphatic heterocycles. The molecule has 0 atom stereocenters. The highest BCUT2D eigenvalue weighted by molar-refractivity contribution is 6.19. The predicted molar refractivity (Wildman–Crippen MR) is 76.2 cm³/mol. The summed E-state index contributed by atoms with van der Waals surface area (Å²) in [7, 11) is 0. The lowest BCUT2D eigenvalue weighted by atomic mass is 10.0. The highest BCUT2D eigenvalue weighted by Gasteiger charge is 1.96. The first kappa shape index (κ1) is 11.9. The molecule has 0 spiro atoms. The molecule has 0 unspecified atom stereocenters. The predicted octanol–water partition coefficient (Wildman–Crippen LogP) is 5.00. The van der Waals surface area contributed by atoms with Gasteiger partial charge in [-0.3, -0.25) is 0 Å². The molecule has 0 aliphatic rings. The third-order valence-electron chi connectivity index (χ3n) is 2.64. The molecule has 0 bridgehead atoms. The van der Waals surface area contributed by atoms with E-state index in [2.05, 4.69) is 54.6 Å². The Bertz CT molecular complexity index is 495. The Morgan fingerprint density at radius 2 is 1.53 bits per heavy atom. The van der Waals surface area contributed by atoms with Gasteiger partial charge in [0.25, 0.3) is 0 Å². The zero-order chi connectivity index (χ0) is 12.1. The molecule has 0 amide bonds. The van der Waals surface area contributed by atoms with Crippen LogP contribution in [0.25, 0.3) is 17.2 Å². The Balaban J connectivity index is 2.25. The number of rotatable bonds is 3. The normalized spacial score (nSPS) is 11.5. The smallest absolute Gasteiger partial charge is 0.0434 e. The molecule has 0 radical (unpaired) electrons. The van der Waals surface area contributed by atoms with Crippen molar-refractivity contribution in [1.29, 1.82) is 0 Å². The van der Waals surface area contributed by atoms with E-state index < -0.39 is 0 Å². The molecule has 0 N–H and O–H groups in total. The molecule has 0 saturated carbocycles. The zero-order valence-electron chi connectivity index (χ0n) is 9.86. The van der Waals surface area contributed by atoms with Crippen molar-refractivity contribution in [2.24, 2.45) is 0 Å². The molecule has 0 fully saturated rings. The SMILES string of the molecule is CC(=Cc1ccc(-c2ccccc2)cc1)CCl. The van der Waals surface area contributed by atoms with E-state index in [1.807, 2.05) is 13.0 Å². The summed E-state index contributed by atoms with van der Waals surface area (Å²) in [6, 6.07) is 18.9. The molecule has 17 heavy (non-hydrogen) atoms. The van der Waals surface area contributed by atoms with Crippen LogP contribution in [0.1, 0.15) is 12.5 Å². The second-order valence-electron chi connectivity index (χ2n) is 4.11. The summed E-state index contributed by atoms with van der Waals surface area (Å²) in [6.45, 7) is 2.04. The van der Waals surface area contributed by atoms with E-state index in [0.29, 0.717) is 5.88 Å². The van der Waals surface area contributed by atoms with Gasteiger partial charge in [-0.15, -0.1) is 11.6 Å². The van der Waals surface area contributed by atoms with Gasteiger partial charge in [0.05, 0.1) is 0 Å². The highest BCUT2D eigenvalue weighted by atomic mass is 35.5. The molecule has 0 heterocycles. The van der Waals surface area contributed by atoms with Gasteiger partial charge in [-0.25, -0.2) is 0 Å². The van der Waals surface area contributed by atoms with E-state index in [1.165, 1.54) is 22.3 Å². The fourth-order valence-electron chi connectivity index (χ4n) is 1.73. The topological polar surface area (TPSA) is 0 Å². The van der Waals surface area contributed by atoms with Crippen LogP contribution in [0.2, 0.25) is 0 Å². The van der Waals surface area contributed by atoms with Crippen LogP contribution in [0.4, 0.5) is 0 Å². The number of allylic oxidation sites excluding steroid dienone is 1. The first-order valence-electron chi connectivity index (χ1n) is 5.68. The third kappa shape index (κ3) is 3.21. The van der Waals surface area contributed by atoms with Crippen molar-refractivity contribution < 1.29 is 0 Å². The highest BCUT2D eigenvalue weighted by Crippen LogP contribution is 2.20. The van der Waals surface area contributed by atoms with Crippen molar-refractivity contribution in [1.82, 2.24) is 0 Å². The van der Waals surface area contributed by atoms with Crippen molar-refractivity contribution >= 4 is 17.7 Å². The zero-order valence-corrected chi connectivity index (χ0v) is 10.6. The molecule has 1 heteroatoms. The summed E-state index contributed by atoms with van der Waals surface area (Å²) in [4.78, 5) is 0. The second kappa shape index (κ2) is 5.70. The van der Waals surface area contributed by atoms with E-state index in [4.69, 9.17) is 11.6 Å². The molecule has 0 saturated heterocycles. The fourth-order valence-corrected chi connectivity index (χ4v) is 1.80. The number of hydrogen-bond donors (Lipinski definition) is 0. The summed E-state index contributed by atoms with van der Waals surface area (Å²) in [6.07, 6.45) is 2.11. The molecular formula is C16H15Cl. The van der Waals surface area contributed by atoms with E-state index in [0.717, 1.165) is 0 Å². The Morgan fingerprint density at radius 3 is 2.12 bits per heavy atom. The van der Waals surface area contributed by atoms with Crippen LogP contribution >= 0.6 is 11.6 Å². The fraction of sp³-hybridized carbons (Fsp3) is 0.125. The number of alkyl halides is 1. The monoisotopic (exact) mass is 242 g/mol. The third-order valence-corrected chi connectivity index (χ3v) is 3.06. The number of benzene rings is 2. The summed E-state index contributed by atoms with van der Waals surface area (Å²) in [5.74, 6) is 0.584. The molecule has 2 aromatic rings. The van der Waals surface area contributed by atoms with Crippen LogP contribution in [0.5, 0.6) is 0 Å². The van der Waals surface area contributed by atoms with Gasteiger partial charge < -0.3 is 0 Å². The molecule has 2 rings (SSSR count). The van der Waals surface area contributed by atoms with Crippen LogP contribution in [0, 0.1) is 0 Å². The maximum Gasteiger partial charge on any atom is 0.0434 e. The Hall–Kier alpha value is -1.53. The van der Waals surface area contributed by atoms with Gasteiger partial charge in [-0.2, -0.15) is 0 Å².